The Labute approximate surface area is 105 Å². The summed E-state index contributed by atoms with van der Waals surface area (Å²) >= 11 is 0. The second-order valence-corrected chi connectivity index (χ2v) is 5.70. The number of hydrogen-bond acceptors (Lipinski definition) is 3. The van der Waals surface area contributed by atoms with Crippen LogP contribution in [0.15, 0.2) is 0 Å². The van der Waals surface area contributed by atoms with E-state index in [-0.39, 0.29) is 23.9 Å². The molecule has 0 aromatic heterocycles. The molecule has 3 atom stereocenters. The van der Waals surface area contributed by atoms with Crippen molar-refractivity contribution in [2.24, 2.45) is 11.7 Å². The minimum atomic E-state index is -0.389. The normalized spacial score (nSPS) is 27.2. The largest absolute Gasteiger partial charge is 0.350 e. The van der Waals surface area contributed by atoms with Gasteiger partial charge in [0.2, 0.25) is 5.91 Å². The van der Waals surface area contributed by atoms with Gasteiger partial charge in [-0.15, -0.1) is 0 Å². The average molecular weight is 241 g/mol. The summed E-state index contributed by atoms with van der Waals surface area (Å²) in [5.41, 5.74) is 5.87. The van der Waals surface area contributed by atoms with Gasteiger partial charge in [-0.1, -0.05) is 26.7 Å². The summed E-state index contributed by atoms with van der Waals surface area (Å²) in [5, 5.41) is 3.13. The molecule has 17 heavy (non-hydrogen) atoms. The Morgan fingerprint density at radius 2 is 1.88 bits per heavy atom. The van der Waals surface area contributed by atoms with Gasteiger partial charge in [0, 0.05) is 12.1 Å². The molecule has 1 rings (SSSR count). The first-order chi connectivity index (χ1) is 7.93. The summed E-state index contributed by atoms with van der Waals surface area (Å²) in [5.74, 6) is 0.190. The maximum Gasteiger partial charge on any atom is 0.237 e. The number of nitrogens with zero attached hydrogens (tertiary/aromatic N) is 1. The van der Waals surface area contributed by atoms with Gasteiger partial charge in [-0.25, -0.2) is 0 Å². The predicted molar refractivity (Wildman–Crippen MR) is 70.7 cm³/mol. The summed E-state index contributed by atoms with van der Waals surface area (Å²) in [4.78, 5) is 14.2. The molecule has 4 heteroatoms. The van der Waals surface area contributed by atoms with Crippen LogP contribution in [0, 0.1) is 5.92 Å². The number of nitrogens with one attached hydrogen (secondary N) is 1. The van der Waals surface area contributed by atoms with Gasteiger partial charge < -0.3 is 16.0 Å². The number of likely N-dealkylation sites (N-methyl/N-ethyl adjacent to an activating group) is 1. The van der Waals surface area contributed by atoms with Crippen LogP contribution in [0.1, 0.15) is 39.5 Å². The fraction of sp³-hybridized carbons (Fsp3) is 0.923. The highest BCUT2D eigenvalue weighted by atomic mass is 16.2. The van der Waals surface area contributed by atoms with Crippen LogP contribution < -0.4 is 11.1 Å². The standard InChI is InChI=1S/C13H27N3O/c1-9(2)12(14)13(17)15-10-7-5-6-8-11(10)16(3)4/h9-12H,5-8,14H2,1-4H3,(H,15,17)/t10-,11-,12+/m1/s1. The minimum absolute atomic E-state index is 0.00116. The van der Waals surface area contributed by atoms with E-state index < -0.39 is 0 Å². The van der Waals surface area contributed by atoms with Crippen LogP contribution in [-0.2, 0) is 4.79 Å². The van der Waals surface area contributed by atoms with Crippen LogP contribution in [0.4, 0.5) is 0 Å². The second-order valence-electron chi connectivity index (χ2n) is 5.70. The fourth-order valence-electron chi connectivity index (χ4n) is 2.48. The third kappa shape index (κ3) is 3.96. The lowest BCUT2D eigenvalue weighted by atomic mass is 9.89. The molecule has 100 valence electrons. The highest BCUT2D eigenvalue weighted by Gasteiger charge is 2.29. The number of rotatable bonds is 4. The fourth-order valence-corrected chi connectivity index (χ4v) is 2.48. The van der Waals surface area contributed by atoms with Gasteiger partial charge in [0.1, 0.15) is 0 Å². The summed E-state index contributed by atoms with van der Waals surface area (Å²) in [6.07, 6.45) is 4.69. The van der Waals surface area contributed by atoms with Gasteiger partial charge in [-0.05, 0) is 32.9 Å². The SMILES string of the molecule is CC(C)[C@H](N)C(=O)N[C@@H]1CCCC[C@H]1N(C)C. The topological polar surface area (TPSA) is 58.4 Å². The van der Waals surface area contributed by atoms with Crippen molar-refractivity contribution in [1.29, 1.82) is 0 Å². The molecule has 0 bridgehead atoms. The zero-order valence-corrected chi connectivity index (χ0v) is 11.6. The molecular formula is C13H27N3O. The highest BCUT2D eigenvalue weighted by Crippen LogP contribution is 2.21. The molecule has 1 amide bonds. The van der Waals surface area contributed by atoms with Gasteiger partial charge in [0.25, 0.3) is 0 Å². The molecule has 0 aromatic rings. The van der Waals surface area contributed by atoms with Crippen LogP contribution in [0.3, 0.4) is 0 Å². The van der Waals surface area contributed by atoms with E-state index in [1.165, 1.54) is 12.8 Å². The molecule has 0 unspecified atom stereocenters. The van der Waals surface area contributed by atoms with Crippen LogP contribution in [-0.4, -0.2) is 43.0 Å². The van der Waals surface area contributed by atoms with Crippen molar-refractivity contribution in [3.63, 3.8) is 0 Å². The molecule has 1 fully saturated rings. The Morgan fingerprint density at radius 3 is 2.41 bits per heavy atom. The van der Waals surface area contributed by atoms with E-state index in [1.54, 1.807) is 0 Å². The number of carbonyl (C=O) groups excluding carboxylic acids is 1. The van der Waals surface area contributed by atoms with Gasteiger partial charge in [-0.2, -0.15) is 0 Å². The molecule has 0 aromatic carbocycles. The monoisotopic (exact) mass is 241 g/mol. The Kier molecular flexibility index (Phi) is 5.40. The maximum atomic E-state index is 12.0. The smallest absolute Gasteiger partial charge is 0.237 e. The molecule has 0 saturated heterocycles. The molecule has 0 aliphatic heterocycles. The Balaban J connectivity index is 2.56. The van der Waals surface area contributed by atoms with E-state index in [1.807, 2.05) is 13.8 Å². The number of amides is 1. The van der Waals surface area contributed by atoms with Crippen molar-refractivity contribution in [1.82, 2.24) is 10.2 Å². The first-order valence-corrected chi connectivity index (χ1v) is 6.66. The molecule has 4 nitrogen and oxygen atoms in total. The maximum absolute atomic E-state index is 12.0. The lowest BCUT2D eigenvalue weighted by Gasteiger charge is -2.37. The molecule has 1 aliphatic carbocycles. The third-order valence-corrected chi connectivity index (χ3v) is 3.74. The summed E-state index contributed by atoms with van der Waals surface area (Å²) in [6, 6.07) is 0.322. The van der Waals surface area contributed by atoms with Crippen molar-refractivity contribution in [3.8, 4) is 0 Å². The van der Waals surface area contributed by atoms with Crippen LogP contribution in [0.5, 0.6) is 0 Å². The molecule has 0 radical (unpaired) electrons. The van der Waals surface area contributed by atoms with Crippen molar-refractivity contribution in [2.75, 3.05) is 14.1 Å². The Hall–Kier alpha value is -0.610. The molecule has 1 aliphatic rings. The molecule has 0 spiro atoms. The average Bonchev–Trinajstić information content (AvgIpc) is 2.28. The molecule has 0 heterocycles. The van der Waals surface area contributed by atoms with E-state index in [9.17, 15) is 4.79 Å². The number of hydrogen-bond donors (Lipinski definition) is 2. The second kappa shape index (κ2) is 6.36. The number of nitrogens with two attached hydrogens (primary N) is 1. The van der Waals surface area contributed by atoms with Gasteiger partial charge in [-0.3, -0.25) is 4.79 Å². The first-order valence-electron chi connectivity index (χ1n) is 6.66. The zero-order chi connectivity index (χ0) is 13.0. The van der Waals surface area contributed by atoms with Gasteiger partial charge in [0.15, 0.2) is 0 Å². The van der Waals surface area contributed by atoms with E-state index in [0.717, 1.165) is 12.8 Å². The Bertz CT molecular complexity index is 253. The van der Waals surface area contributed by atoms with Crippen LogP contribution in [0.2, 0.25) is 0 Å². The van der Waals surface area contributed by atoms with Gasteiger partial charge >= 0.3 is 0 Å². The summed E-state index contributed by atoms with van der Waals surface area (Å²) < 4.78 is 0. The highest BCUT2D eigenvalue weighted by molar-refractivity contribution is 5.82. The third-order valence-electron chi connectivity index (χ3n) is 3.74. The Morgan fingerprint density at radius 1 is 1.29 bits per heavy atom. The number of carbonyl (C=O) groups is 1. The first kappa shape index (κ1) is 14.5. The van der Waals surface area contributed by atoms with Crippen molar-refractivity contribution in [2.45, 2.75) is 57.7 Å². The van der Waals surface area contributed by atoms with E-state index >= 15 is 0 Å². The quantitative estimate of drug-likeness (QED) is 0.771. The van der Waals surface area contributed by atoms with Crippen molar-refractivity contribution < 1.29 is 4.79 Å². The van der Waals surface area contributed by atoms with E-state index in [2.05, 4.69) is 24.3 Å². The minimum Gasteiger partial charge on any atom is -0.350 e. The molecular weight excluding hydrogens is 214 g/mol. The lowest BCUT2D eigenvalue weighted by Crippen LogP contribution is -2.55. The predicted octanol–water partition coefficient (Wildman–Crippen LogP) is 0.959. The molecule has 1 saturated carbocycles. The zero-order valence-electron chi connectivity index (χ0n) is 11.6. The molecule has 3 N–H and O–H groups in total. The lowest BCUT2D eigenvalue weighted by molar-refractivity contribution is -0.124. The van der Waals surface area contributed by atoms with Crippen LogP contribution in [0.25, 0.3) is 0 Å². The van der Waals surface area contributed by atoms with Crippen LogP contribution >= 0.6 is 0 Å². The van der Waals surface area contributed by atoms with E-state index in [0.29, 0.717) is 6.04 Å². The summed E-state index contributed by atoms with van der Waals surface area (Å²) in [6.45, 7) is 3.96. The van der Waals surface area contributed by atoms with Gasteiger partial charge in [0.05, 0.1) is 6.04 Å². The summed E-state index contributed by atoms with van der Waals surface area (Å²) in [7, 11) is 4.16. The van der Waals surface area contributed by atoms with Crippen molar-refractivity contribution >= 4 is 5.91 Å². The van der Waals surface area contributed by atoms with E-state index in [4.69, 9.17) is 5.73 Å². The van der Waals surface area contributed by atoms with Crippen molar-refractivity contribution in [3.05, 3.63) is 0 Å².